The molecule has 0 amide bonds. The molecule has 1 aliphatic carbocycles. The largest absolute Gasteiger partial charge is 0.309 e. The van der Waals surface area contributed by atoms with Crippen LogP contribution in [0.1, 0.15) is 25.0 Å². The van der Waals surface area contributed by atoms with Gasteiger partial charge in [0.2, 0.25) is 0 Å². The topological polar surface area (TPSA) is 4.93 Å². The lowest BCUT2D eigenvalue weighted by molar-refractivity contribution is 0.661. The Hall–Kier alpha value is -3.84. The maximum absolute atomic E-state index is 2.46. The zero-order chi connectivity index (χ0) is 21.4. The molecule has 7 rings (SSSR count). The van der Waals surface area contributed by atoms with Crippen LogP contribution in [0.2, 0.25) is 0 Å². The normalized spacial score (nSPS) is 14.2. The van der Waals surface area contributed by atoms with Gasteiger partial charge >= 0.3 is 0 Å². The molecule has 1 aromatic heterocycles. The van der Waals surface area contributed by atoms with Crippen molar-refractivity contribution in [3.8, 4) is 16.8 Å². The van der Waals surface area contributed by atoms with Crippen molar-refractivity contribution in [3.63, 3.8) is 0 Å². The third kappa shape index (κ3) is 2.18. The highest BCUT2D eigenvalue weighted by Crippen LogP contribution is 2.51. The predicted molar refractivity (Wildman–Crippen MR) is 136 cm³/mol. The molecule has 5 aromatic carbocycles. The van der Waals surface area contributed by atoms with Gasteiger partial charge in [-0.25, -0.2) is 0 Å². The first kappa shape index (κ1) is 17.8. The zero-order valence-electron chi connectivity index (χ0n) is 18.3. The maximum Gasteiger partial charge on any atom is 0.0544 e. The van der Waals surface area contributed by atoms with E-state index in [4.69, 9.17) is 0 Å². The van der Waals surface area contributed by atoms with Gasteiger partial charge in [-0.05, 0) is 51.9 Å². The molecule has 0 atom stereocenters. The van der Waals surface area contributed by atoms with Crippen LogP contribution >= 0.6 is 0 Å². The molecule has 0 bridgehead atoms. The van der Waals surface area contributed by atoms with E-state index >= 15 is 0 Å². The minimum Gasteiger partial charge on any atom is -0.309 e. The summed E-state index contributed by atoms with van der Waals surface area (Å²) < 4.78 is 2.46. The van der Waals surface area contributed by atoms with E-state index in [1.54, 1.807) is 0 Å². The van der Waals surface area contributed by atoms with E-state index in [1.807, 2.05) is 0 Å². The Balaban J connectivity index is 1.66. The van der Waals surface area contributed by atoms with Gasteiger partial charge in [0, 0.05) is 21.6 Å². The summed E-state index contributed by atoms with van der Waals surface area (Å²) in [4.78, 5) is 0. The van der Waals surface area contributed by atoms with Crippen molar-refractivity contribution in [3.05, 3.63) is 114 Å². The summed E-state index contributed by atoms with van der Waals surface area (Å²) in [5.74, 6) is 0. The Kier molecular flexibility index (Phi) is 3.40. The molecule has 0 radical (unpaired) electrons. The lowest BCUT2D eigenvalue weighted by Crippen LogP contribution is -2.14. The number of nitrogens with zero attached hydrogens (tertiary/aromatic N) is 1. The summed E-state index contributed by atoms with van der Waals surface area (Å²) in [5.41, 5.74) is 9.34. The van der Waals surface area contributed by atoms with Crippen LogP contribution < -0.4 is 0 Å². The van der Waals surface area contributed by atoms with E-state index in [0.29, 0.717) is 0 Å². The van der Waals surface area contributed by atoms with Crippen molar-refractivity contribution >= 4 is 32.6 Å². The van der Waals surface area contributed by atoms with E-state index < -0.39 is 0 Å². The first-order valence-corrected chi connectivity index (χ1v) is 11.3. The van der Waals surface area contributed by atoms with Crippen LogP contribution in [0.4, 0.5) is 0 Å². The van der Waals surface area contributed by atoms with E-state index in [1.165, 1.54) is 60.5 Å². The molecular weight excluding hydrogens is 386 g/mol. The Labute approximate surface area is 187 Å². The number of fused-ring (bicyclic) bond motifs is 7. The van der Waals surface area contributed by atoms with Crippen LogP contribution in [-0.2, 0) is 5.41 Å². The molecule has 0 aliphatic heterocycles. The minimum absolute atomic E-state index is 0.0137. The number of rotatable bonds is 1. The summed E-state index contributed by atoms with van der Waals surface area (Å²) in [6, 6.07) is 37.9. The lowest BCUT2D eigenvalue weighted by Gasteiger charge is -2.21. The molecule has 0 N–H and O–H groups in total. The van der Waals surface area contributed by atoms with Gasteiger partial charge < -0.3 is 4.57 Å². The number of para-hydroxylation sites is 1. The second kappa shape index (κ2) is 6.11. The van der Waals surface area contributed by atoms with Gasteiger partial charge in [0.25, 0.3) is 0 Å². The zero-order valence-corrected chi connectivity index (χ0v) is 18.3. The fourth-order valence-corrected chi connectivity index (χ4v) is 5.83. The standard InChI is InChI=1S/C31H23N/c1-31(2)26-15-7-5-13-22(26)24-18-25-23-14-6-8-16-29(23)32(30(25)19-27(24)31)28-17-9-11-20-10-3-4-12-21(20)28/h3-19H,1-2H3. The molecule has 0 spiro atoms. The van der Waals surface area contributed by atoms with Gasteiger partial charge in [0.05, 0.1) is 16.7 Å². The van der Waals surface area contributed by atoms with Crippen molar-refractivity contribution in [2.45, 2.75) is 19.3 Å². The molecule has 1 heteroatoms. The summed E-state index contributed by atoms with van der Waals surface area (Å²) in [6.07, 6.45) is 0. The second-order valence-electron chi connectivity index (χ2n) is 9.44. The minimum atomic E-state index is -0.0137. The molecule has 0 unspecified atom stereocenters. The quantitative estimate of drug-likeness (QED) is 0.258. The molecule has 32 heavy (non-hydrogen) atoms. The van der Waals surface area contributed by atoms with Gasteiger partial charge in [-0.1, -0.05) is 92.7 Å². The molecule has 1 nitrogen and oxygen atoms in total. The SMILES string of the molecule is CC1(C)c2ccccc2-c2cc3c4ccccc4n(-c4cccc5ccccc45)c3cc21. The Morgan fingerprint density at radius 2 is 1.25 bits per heavy atom. The van der Waals surface area contributed by atoms with E-state index in [-0.39, 0.29) is 5.41 Å². The van der Waals surface area contributed by atoms with E-state index in [2.05, 4.69) is 122 Å². The van der Waals surface area contributed by atoms with Crippen molar-refractivity contribution in [2.24, 2.45) is 0 Å². The van der Waals surface area contributed by atoms with Gasteiger partial charge in [0.1, 0.15) is 0 Å². The predicted octanol–water partition coefficient (Wildman–Crippen LogP) is 8.24. The van der Waals surface area contributed by atoms with E-state index in [0.717, 1.165) is 0 Å². The van der Waals surface area contributed by atoms with Gasteiger partial charge in [-0.3, -0.25) is 0 Å². The third-order valence-corrected chi connectivity index (χ3v) is 7.38. The number of aromatic nitrogens is 1. The summed E-state index contributed by atoms with van der Waals surface area (Å²) >= 11 is 0. The van der Waals surface area contributed by atoms with Crippen LogP contribution in [0.5, 0.6) is 0 Å². The Bertz CT molecular complexity index is 1690. The Morgan fingerprint density at radius 3 is 2.16 bits per heavy atom. The molecule has 0 saturated heterocycles. The fraction of sp³-hybridized carbons (Fsp3) is 0.0968. The van der Waals surface area contributed by atoms with Gasteiger partial charge in [-0.15, -0.1) is 0 Å². The second-order valence-corrected chi connectivity index (χ2v) is 9.44. The van der Waals surface area contributed by atoms with Crippen LogP contribution in [-0.4, -0.2) is 4.57 Å². The van der Waals surface area contributed by atoms with Crippen LogP contribution in [0, 0.1) is 0 Å². The average molecular weight is 410 g/mol. The number of benzene rings is 5. The van der Waals surface area contributed by atoms with Crippen molar-refractivity contribution in [2.75, 3.05) is 0 Å². The van der Waals surface area contributed by atoms with E-state index in [9.17, 15) is 0 Å². The summed E-state index contributed by atoms with van der Waals surface area (Å²) in [5, 5.41) is 5.17. The van der Waals surface area contributed by atoms with Crippen molar-refractivity contribution in [1.29, 1.82) is 0 Å². The van der Waals surface area contributed by atoms with Crippen LogP contribution in [0.25, 0.3) is 49.4 Å². The Morgan fingerprint density at radius 1 is 0.531 bits per heavy atom. The molecule has 1 heterocycles. The first-order valence-electron chi connectivity index (χ1n) is 11.3. The van der Waals surface area contributed by atoms with Gasteiger partial charge in [0.15, 0.2) is 0 Å². The van der Waals surface area contributed by atoms with Crippen molar-refractivity contribution < 1.29 is 0 Å². The summed E-state index contributed by atoms with van der Waals surface area (Å²) in [6.45, 7) is 4.71. The van der Waals surface area contributed by atoms with Crippen molar-refractivity contribution in [1.82, 2.24) is 4.57 Å². The molecular formula is C31H23N. The fourth-order valence-electron chi connectivity index (χ4n) is 5.83. The van der Waals surface area contributed by atoms with Gasteiger partial charge in [-0.2, -0.15) is 0 Å². The molecule has 1 aliphatic rings. The van der Waals surface area contributed by atoms with Crippen LogP contribution in [0.3, 0.4) is 0 Å². The number of hydrogen-bond donors (Lipinski definition) is 0. The smallest absolute Gasteiger partial charge is 0.0544 e. The monoisotopic (exact) mass is 409 g/mol. The molecule has 6 aromatic rings. The highest BCUT2D eigenvalue weighted by atomic mass is 15.0. The van der Waals surface area contributed by atoms with Crippen LogP contribution in [0.15, 0.2) is 103 Å². The highest BCUT2D eigenvalue weighted by Gasteiger charge is 2.36. The maximum atomic E-state index is 2.46. The lowest BCUT2D eigenvalue weighted by atomic mass is 9.82. The average Bonchev–Trinajstić information content (AvgIpc) is 3.27. The summed E-state index contributed by atoms with van der Waals surface area (Å²) in [7, 11) is 0. The number of hydrogen-bond acceptors (Lipinski definition) is 0. The molecule has 0 saturated carbocycles. The first-order chi connectivity index (χ1) is 15.6. The highest BCUT2D eigenvalue weighted by molar-refractivity contribution is 6.12. The molecule has 152 valence electrons. The molecule has 0 fully saturated rings. The third-order valence-electron chi connectivity index (χ3n) is 7.38.